The maximum atomic E-state index is 12.4. The van der Waals surface area contributed by atoms with Crippen LogP contribution in [0.5, 0.6) is 0 Å². The van der Waals surface area contributed by atoms with E-state index in [1.165, 1.54) is 24.9 Å². The van der Waals surface area contributed by atoms with E-state index < -0.39 is 0 Å². The summed E-state index contributed by atoms with van der Waals surface area (Å²) in [6, 6.07) is 11.7. The molecule has 2 N–H and O–H groups in total. The number of anilines is 3. The number of amides is 1. The molecule has 1 saturated heterocycles. The first kappa shape index (κ1) is 18.2. The molecular weight excluding hydrogens is 324 g/mol. The third-order valence-corrected chi connectivity index (χ3v) is 4.70. The highest BCUT2D eigenvalue weighted by Gasteiger charge is 2.11. The topological polar surface area (TPSA) is 57.3 Å². The minimum Gasteiger partial charge on any atom is -0.384 e. The maximum Gasteiger partial charge on any atom is 0.274 e. The molecule has 0 bridgehead atoms. The summed E-state index contributed by atoms with van der Waals surface area (Å²) in [5.74, 6) is -0.184. The van der Waals surface area contributed by atoms with Crippen molar-refractivity contribution in [3.63, 3.8) is 0 Å². The normalized spacial score (nSPS) is 14.1. The van der Waals surface area contributed by atoms with Crippen LogP contribution in [0.15, 0.2) is 42.6 Å². The summed E-state index contributed by atoms with van der Waals surface area (Å²) in [4.78, 5) is 19.0. The Morgan fingerprint density at radius 3 is 2.42 bits per heavy atom. The van der Waals surface area contributed by atoms with Gasteiger partial charge in [0.2, 0.25) is 0 Å². The molecule has 1 aliphatic heterocycles. The number of hydrogen-bond acceptors (Lipinski definition) is 4. The number of nitrogens with zero attached hydrogens (tertiary/aromatic N) is 2. The number of carbonyl (C=O) groups is 1. The summed E-state index contributed by atoms with van der Waals surface area (Å²) < 4.78 is 0. The minimum absolute atomic E-state index is 0.184. The molecule has 1 fully saturated rings. The van der Waals surface area contributed by atoms with Gasteiger partial charge in [-0.2, -0.15) is 0 Å². The molecule has 1 aliphatic rings. The minimum atomic E-state index is -0.184. The van der Waals surface area contributed by atoms with Gasteiger partial charge in [-0.15, -0.1) is 0 Å². The molecule has 0 aliphatic carbocycles. The van der Waals surface area contributed by atoms with Crippen molar-refractivity contribution in [1.82, 2.24) is 4.98 Å². The number of unbranched alkanes of at least 4 members (excludes halogenated alkanes) is 1. The van der Waals surface area contributed by atoms with Gasteiger partial charge in [0.15, 0.2) is 0 Å². The van der Waals surface area contributed by atoms with Gasteiger partial charge in [0, 0.05) is 31.0 Å². The summed E-state index contributed by atoms with van der Waals surface area (Å²) >= 11 is 0. The van der Waals surface area contributed by atoms with Crippen molar-refractivity contribution in [2.24, 2.45) is 0 Å². The Kier molecular flexibility index (Phi) is 6.47. The first-order chi connectivity index (χ1) is 12.8. The van der Waals surface area contributed by atoms with Crippen molar-refractivity contribution in [3.8, 4) is 0 Å². The molecule has 5 heteroatoms. The fraction of sp³-hybridized carbons (Fsp3) is 0.429. The standard InChI is InChI=1S/C21H28N4O/c1-2-3-13-22-18-9-12-20(23-16-18)21(26)24-17-7-10-19(11-8-17)25-14-5-4-6-15-25/h7-12,16,22H,2-6,13-15H2,1H3,(H,24,26). The van der Waals surface area contributed by atoms with Gasteiger partial charge in [0.05, 0.1) is 11.9 Å². The summed E-state index contributed by atoms with van der Waals surface area (Å²) in [5.41, 5.74) is 3.39. The Hall–Kier alpha value is -2.56. The predicted octanol–water partition coefficient (Wildman–Crippen LogP) is 4.54. The predicted molar refractivity (Wildman–Crippen MR) is 108 cm³/mol. The van der Waals surface area contributed by atoms with Gasteiger partial charge in [-0.25, -0.2) is 4.98 Å². The fourth-order valence-electron chi connectivity index (χ4n) is 3.15. The number of hydrogen-bond donors (Lipinski definition) is 2. The van der Waals surface area contributed by atoms with E-state index in [0.29, 0.717) is 5.69 Å². The Balaban J connectivity index is 1.55. The maximum absolute atomic E-state index is 12.4. The molecule has 1 aromatic heterocycles. The second kappa shape index (κ2) is 9.22. The molecule has 0 atom stereocenters. The van der Waals surface area contributed by atoms with Crippen LogP contribution in [0.25, 0.3) is 0 Å². The zero-order valence-electron chi connectivity index (χ0n) is 15.5. The first-order valence-electron chi connectivity index (χ1n) is 9.62. The highest BCUT2D eigenvalue weighted by molar-refractivity contribution is 6.03. The second-order valence-corrected chi connectivity index (χ2v) is 6.76. The Bertz CT molecular complexity index is 691. The number of carbonyl (C=O) groups excluding carboxylic acids is 1. The summed E-state index contributed by atoms with van der Waals surface area (Å²) in [6.45, 7) is 5.32. The van der Waals surface area contributed by atoms with E-state index >= 15 is 0 Å². The van der Waals surface area contributed by atoms with Gasteiger partial charge < -0.3 is 15.5 Å². The van der Waals surface area contributed by atoms with Crippen LogP contribution in [0.2, 0.25) is 0 Å². The summed E-state index contributed by atoms with van der Waals surface area (Å²) in [6.07, 6.45) is 7.82. The molecule has 0 saturated carbocycles. The number of piperidine rings is 1. The van der Waals surface area contributed by atoms with Gasteiger partial charge in [-0.05, 0) is 62.1 Å². The molecule has 0 radical (unpaired) electrons. The molecule has 5 nitrogen and oxygen atoms in total. The fourth-order valence-corrected chi connectivity index (χ4v) is 3.15. The Morgan fingerprint density at radius 2 is 1.77 bits per heavy atom. The van der Waals surface area contributed by atoms with Crippen LogP contribution < -0.4 is 15.5 Å². The average Bonchev–Trinajstić information content (AvgIpc) is 2.70. The number of benzene rings is 1. The highest BCUT2D eigenvalue weighted by atomic mass is 16.1. The van der Waals surface area contributed by atoms with Crippen LogP contribution in [0.3, 0.4) is 0 Å². The van der Waals surface area contributed by atoms with Gasteiger partial charge in [-0.1, -0.05) is 13.3 Å². The third-order valence-electron chi connectivity index (χ3n) is 4.70. The van der Waals surface area contributed by atoms with Gasteiger partial charge >= 0.3 is 0 Å². The van der Waals surface area contributed by atoms with Crippen LogP contribution in [0.1, 0.15) is 49.5 Å². The lowest BCUT2D eigenvalue weighted by atomic mass is 10.1. The van der Waals surface area contributed by atoms with E-state index in [1.54, 1.807) is 12.3 Å². The van der Waals surface area contributed by atoms with Gasteiger partial charge in [0.1, 0.15) is 5.69 Å². The molecular formula is C21H28N4O. The molecule has 1 aromatic carbocycles. The number of pyridine rings is 1. The monoisotopic (exact) mass is 352 g/mol. The van der Waals surface area contributed by atoms with Crippen molar-refractivity contribution in [2.45, 2.75) is 39.0 Å². The average molecular weight is 352 g/mol. The van der Waals surface area contributed by atoms with Gasteiger partial charge in [-0.3, -0.25) is 4.79 Å². The van der Waals surface area contributed by atoms with E-state index in [9.17, 15) is 4.79 Å². The van der Waals surface area contributed by atoms with Crippen molar-refractivity contribution in [2.75, 3.05) is 35.2 Å². The van der Waals surface area contributed by atoms with Crippen molar-refractivity contribution < 1.29 is 4.79 Å². The summed E-state index contributed by atoms with van der Waals surface area (Å²) in [5, 5.41) is 6.22. The van der Waals surface area contributed by atoms with Crippen molar-refractivity contribution >= 4 is 23.0 Å². The van der Waals surface area contributed by atoms with Crippen LogP contribution in [0.4, 0.5) is 17.1 Å². The molecule has 2 heterocycles. The van der Waals surface area contributed by atoms with Crippen molar-refractivity contribution in [1.29, 1.82) is 0 Å². The SMILES string of the molecule is CCCCNc1ccc(C(=O)Nc2ccc(N3CCCCC3)cc2)nc1. The Morgan fingerprint density at radius 1 is 1.04 bits per heavy atom. The number of rotatable bonds is 7. The molecule has 3 rings (SSSR count). The van der Waals surface area contributed by atoms with E-state index in [2.05, 4.69) is 39.6 Å². The van der Waals surface area contributed by atoms with E-state index in [0.717, 1.165) is 43.9 Å². The number of nitrogens with one attached hydrogen (secondary N) is 2. The van der Waals surface area contributed by atoms with E-state index in [-0.39, 0.29) is 5.91 Å². The molecule has 26 heavy (non-hydrogen) atoms. The smallest absolute Gasteiger partial charge is 0.274 e. The largest absolute Gasteiger partial charge is 0.384 e. The number of aromatic nitrogens is 1. The first-order valence-corrected chi connectivity index (χ1v) is 9.62. The van der Waals surface area contributed by atoms with E-state index in [1.807, 2.05) is 18.2 Å². The lowest BCUT2D eigenvalue weighted by Gasteiger charge is -2.28. The molecule has 0 spiro atoms. The van der Waals surface area contributed by atoms with Crippen LogP contribution >= 0.6 is 0 Å². The Labute approximate surface area is 155 Å². The zero-order valence-corrected chi connectivity index (χ0v) is 15.5. The molecule has 1 amide bonds. The second-order valence-electron chi connectivity index (χ2n) is 6.76. The molecule has 2 aromatic rings. The van der Waals surface area contributed by atoms with Gasteiger partial charge in [0.25, 0.3) is 5.91 Å². The molecule has 138 valence electrons. The van der Waals surface area contributed by atoms with Crippen LogP contribution in [-0.4, -0.2) is 30.5 Å². The van der Waals surface area contributed by atoms with Crippen LogP contribution in [-0.2, 0) is 0 Å². The van der Waals surface area contributed by atoms with Crippen molar-refractivity contribution in [3.05, 3.63) is 48.3 Å². The third kappa shape index (κ3) is 4.97. The van der Waals surface area contributed by atoms with E-state index in [4.69, 9.17) is 0 Å². The zero-order chi connectivity index (χ0) is 18.2. The highest BCUT2D eigenvalue weighted by Crippen LogP contribution is 2.22. The lowest BCUT2D eigenvalue weighted by Crippen LogP contribution is -2.29. The quantitative estimate of drug-likeness (QED) is 0.719. The molecule has 0 unspecified atom stereocenters. The van der Waals surface area contributed by atoms with Crippen LogP contribution in [0, 0.1) is 0 Å². The lowest BCUT2D eigenvalue weighted by molar-refractivity contribution is 0.102. The summed E-state index contributed by atoms with van der Waals surface area (Å²) in [7, 11) is 0.